The van der Waals surface area contributed by atoms with Crippen LogP contribution < -0.4 is 21.1 Å². The largest absolute Gasteiger partial charge is 0.423 e. The molecule has 0 spiro atoms. The zero-order chi connectivity index (χ0) is 27.7. The minimum Gasteiger partial charge on any atom is -0.379 e. The molecule has 2 aliphatic heterocycles. The highest BCUT2D eigenvalue weighted by Gasteiger charge is 2.39. The number of hydrogen-bond acceptors (Lipinski definition) is 8. The van der Waals surface area contributed by atoms with Gasteiger partial charge in [0.15, 0.2) is 0 Å². The second kappa shape index (κ2) is 10.7. The quantitative estimate of drug-likeness (QED) is 0.451. The molecule has 0 bridgehead atoms. The van der Waals surface area contributed by atoms with Crippen molar-refractivity contribution in [1.82, 2.24) is 30.4 Å². The van der Waals surface area contributed by atoms with Crippen molar-refractivity contribution >= 4 is 17.5 Å². The molecule has 1 amide bonds. The van der Waals surface area contributed by atoms with E-state index in [1.54, 1.807) is 21.8 Å². The first-order valence-corrected chi connectivity index (χ1v) is 11.9. The Morgan fingerprint density at radius 3 is 2.26 bits per heavy atom. The Labute approximate surface area is 212 Å². The summed E-state index contributed by atoms with van der Waals surface area (Å²) in [5.41, 5.74) is -4.08. The number of halogens is 6. The SMILES string of the molecule is CC(CN[C@H]1CCN(C2CCN(c3ncc(C(F)(F)F)cn3)CC2)C1=O)Nc1cn[nH]c(=O)c1C(F)(F)F. The first kappa shape index (κ1) is 27.6. The Balaban J connectivity index is 1.27. The molecule has 4 heterocycles. The van der Waals surface area contributed by atoms with Crippen LogP contribution in [0.1, 0.15) is 37.3 Å². The maximum absolute atomic E-state index is 13.2. The van der Waals surface area contributed by atoms with Crippen molar-refractivity contribution in [2.75, 3.05) is 36.4 Å². The number of hydrogen-bond donors (Lipinski definition) is 3. The number of aromatic amines is 1. The van der Waals surface area contributed by atoms with E-state index >= 15 is 0 Å². The molecule has 16 heteroatoms. The molecule has 1 unspecified atom stereocenters. The lowest BCUT2D eigenvalue weighted by Crippen LogP contribution is -2.49. The van der Waals surface area contributed by atoms with Gasteiger partial charge in [-0.3, -0.25) is 9.59 Å². The number of likely N-dealkylation sites (tertiary alicyclic amines) is 1. The first-order valence-electron chi connectivity index (χ1n) is 11.9. The van der Waals surface area contributed by atoms with Gasteiger partial charge in [-0.05, 0) is 26.2 Å². The molecule has 38 heavy (non-hydrogen) atoms. The number of piperidine rings is 1. The number of nitrogens with zero attached hydrogens (tertiary/aromatic N) is 5. The third kappa shape index (κ3) is 6.16. The zero-order valence-electron chi connectivity index (χ0n) is 20.2. The van der Waals surface area contributed by atoms with Crippen molar-refractivity contribution in [1.29, 1.82) is 0 Å². The van der Waals surface area contributed by atoms with Gasteiger partial charge in [0.1, 0.15) is 5.56 Å². The van der Waals surface area contributed by atoms with Gasteiger partial charge in [0, 0.05) is 50.7 Å². The van der Waals surface area contributed by atoms with E-state index in [1.807, 2.05) is 0 Å². The number of carbonyl (C=O) groups is 1. The van der Waals surface area contributed by atoms with E-state index in [9.17, 15) is 35.9 Å². The lowest BCUT2D eigenvalue weighted by atomic mass is 10.0. The van der Waals surface area contributed by atoms with Gasteiger partial charge < -0.3 is 20.4 Å². The van der Waals surface area contributed by atoms with Gasteiger partial charge in [-0.2, -0.15) is 31.4 Å². The topological polar surface area (TPSA) is 119 Å². The summed E-state index contributed by atoms with van der Waals surface area (Å²) in [5.74, 6) is 0.0877. The average Bonchev–Trinajstić information content (AvgIpc) is 3.21. The molecule has 2 aliphatic rings. The van der Waals surface area contributed by atoms with Crippen molar-refractivity contribution < 1.29 is 31.1 Å². The number of amides is 1. The fourth-order valence-electron chi connectivity index (χ4n) is 4.69. The summed E-state index contributed by atoms with van der Waals surface area (Å²) in [5, 5.41) is 10.9. The Morgan fingerprint density at radius 2 is 1.66 bits per heavy atom. The summed E-state index contributed by atoms with van der Waals surface area (Å²) < 4.78 is 77.9. The summed E-state index contributed by atoms with van der Waals surface area (Å²) in [7, 11) is 0. The van der Waals surface area contributed by atoms with Crippen LogP contribution in [0, 0.1) is 0 Å². The smallest absolute Gasteiger partial charge is 0.379 e. The van der Waals surface area contributed by atoms with E-state index in [4.69, 9.17) is 0 Å². The van der Waals surface area contributed by atoms with Gasteiger partial charge in [0.25, 0.3) is 5.56 Å². The molecule has 4 rings (SSSR count). The predicted octanol–water partition coefficient (Wildman–Crippen LogP) is 2.26. The van der Waals surface area contributed by atoms with Crippen LogP contribution in [0.3, 0.4) is 0 Å². The molecule has 3 N–H and O–H groups in total. The average molecular weight is 548 g/mol. The number of aromatic nitrogens is 4. The van der Waals surface area contributed by atoms with Crippen LogP contribution in [-0.2, 0) is 17.1 Å². The summed E-state index contributed by atoms with van der Waals surface area (Å²) >= 11 is 0. The van der Waals surface area contributed by atoms with E-state index in [1.165, 1.54) is 0 Å². The molecule has 0 aromatic carbocycles. The van der Waals surface area contributed by atoms with E-state index < -0.39 is 46.8 Å². The van der Waals surface area contributed by atoms with Crippen molar-refractivity contribution in [3.8, 4) is 0 Å². The minimum absolute atomic E-state index is 0.0491. The van der Waals surface area contributed by atoms with Crippen molar-refractivity contribution in [2.24, 2.45) is 0 Å². The molecular weight excluding hydrogens is 522 g/mol. The Bertz CT molecular complexity index is 1180. The van der Waals surface area contributed by atoms with Crippen LogP contribution in [0.4, 0.5) is 38.0 Å². The zero-order valence-corrected chi connectivity index (χ0v) is 20.2. The van der Waals surface area contributed by atoms with Gasteiger partial charge in [0.2, 0.25) is 11.9 Å². The van der Waals surface area contributed by atoms with Crippen LogP contribution in [0.25, 0.3) is 0 Å². The molecular formula is C22H26F6N8O2. The fourth-order valence-corrected chi connectivity index (χ4v) is 4.69. The molecule has 0 aliphatic carbocycles. The normalized spacial score (nSPS) is 20.2. The molecule has 10 nitrogen and oxygen atoms in total. The number of H-pyrrole nitrogens is 1. The van der Waals surface area contributed by atoms with Gasteiger partial charge in [-0.15, -0.1) is 0 Å². The van der Waals surface area contributed by atoms with Crippen LogP contribution in [-0.4, -0.2) is 75.3 Å². The summed E-state index contributed by atoms with van der Waals surface area (Å²) in [6.07, 6.45) is -5.26. The number of alkyl halides is 6. The van der Waals surface area contributed by atoms with Crippen LogP contribution in [0.15, 0.2) is 23.4 Å². The Kier molecular flexibility index (Phi) is 7.80. The summed E-state index contributed by atoms with van der Waals surface area (Å²) in [4.78, 5) is 35.8. The van der Waals surface area contributed by atoms with E-state index in [2.05, 4.69) is 25.7 Å². The number of nitrogens with one attached hydrogen (secondary N) is 3. The molecule has 2 fully saturated rings. The van der Waals surface area contributed by atoms with Crippen molar-refractivity contribution in [2.45, 2.75) is 56.7 Å². The lowest BCUT2D eigenvalue weighted by Gasteiger charge is -2.36. The summed E-state index contributed by atoms with van der Waals surface area (Å²) in [6.45, 7) is 3.24. The second-order valence-electron chi connectivity index (χ2n) is 9.30. The third-order valence-electron chi connectivity index (χ3n) is 6.61. The number of carbonyl (C=O) groups excluding carboxylic acids is 1. The Morgan fingerprint density at radius 1 is 1.00 bits per heavy atom. The van der Waals surface area contributed by atoms with Gasteiger partial charge in [-0.25, -0.2) is 15.1 Å². The monoisotopic (exact) mass is 548 g/mol. The summed E-state index contributed by atoms with van der Waals surface area (Å²) in [6, 6.07) is -1.10. The van der Waals surface area contributed by atoms with Crippen LogP contribution in [0.5, 0.6) is 0 Å². The highest BCUT2D eigenvalue weighted by Crippen LogP contribution is 2.32. The standard InChI is InChI=1S/C22H26F6N8O2/c1-12(33-16-11-32-34-18(37)17(16)22(26,27)28)8-29-15-4-7-36(19(15)38)14-2-5-35(6-3-14)20-30-9-13(10-31-20)21(23,24)25/h9-12,14-15,29H,2-8H2,1H3,(H2,33,34,37)/t12?,15-/m0/s1. The second-order valence-corrected chi connectivity index (χ2v) is 9.30. The molecule has 2 saturated heterocycles. The fraction of sp³-hybridized carbons (Fsp3) is 0.591. The third-order valence-corrected chi connectivity index (χ3v) is 6.61. The first-order chi connectivity index (χ1) is 17.8. The van der Waals surface area contributed by atoms with Crippen molar-refractivity contribution in [3.63, 3.8) is 0 Å². The van der Waals surface area contributed by atoms with Crippen LogP contribution >= 0.6 is 0 Å². The molecule has 2 atom stereocenters. The van der Waals surface area contributed by atoms with E-state index in [-0.39, 0.29) is 24.4 Å². The van der Waals surface area contributed by atoms with Gasteiger partial charge in [0.05, 0.1) is 23.5 Å². The van der Waals surface area contributed by atoms with Gasteiger partial charge >= 0.3 is 12.4 Å². The van der Waals surface area contributed by atoms with E-state index in [0.29, 0.717) is 38.9 Å². The molecule has 208 valence electrons. The number of anilines is 2. The van der Waals surface area contributed by atoms with Crippen LogP contribution in [0.2, 0.25) is 0 Å². The molecule has 2 aromatic rings. The van der Waals surface area contributed by atoms with Gasteiger partial charge in [-0.1, -0.05) is 0 Å². The maximum atomic E-state index is 13.2. The number of rotatable bonds is 7. The van der Waals surface area contributed by atoms with Crippen molar-refractivity contribution in [3.05, 3.63) is 40.1 Å². The Hall–Kier alpha value is -3.43. The molecule has 2 aromatic heterocycles. The molecule has 0 saturated carbocycles. The molecule has 0 radical (unpaired) electrons. The minimum atomic E-state index is -4.86. The highest BCUT2D eigenvalue weighted by atomic mass is 19.4. The lowest BCUT2D eigenvalue weighted by molar-refractivity contribution is -0.139. The highest BCUT2D eigenvalue weighted by molar-refractivity contribution is 5.84. The maximum Gasteiger partial charge on any atom is 0.423 e. The van der Waals surface area contributed by atoms with E-state index in [0.717, 1.165) is 18.6 Å². The predicted molar refractivity (Wildman–Crippen MR) is 123 cm³/mol.